The van der Waals surface area contributed by atoms with Crippen LogP contribution in [0, 0.1) is 6.92 Å². The number of aromatic nitrogens is 1. The molecule has 1 aromatic heterocycles. The number of nitrogens with zero attached hydrogens (tertiary/aromatic N) is 1. The van der Waals surface area contributed by atoms with E-state index in [9.17, 15) is 4.79 Å². The summed E-state index contributed by atoms with van der Waals surface area (Å²) in [5.74, 6) is -0.00910. The van der Waals surface area contributed by atoms with Gasteiger partial charge in [-0.3, -0.25) is 4.79 Å². The van der Waals surface area contributed by atoms with Crippen molar-refractivity contribution in [3.05, 3.63) is 50.9 Å². The number of halogens is 1. The number of carbonyl (C=O) groups excluding carboxylic acids is 1. The van der Waals surface area contributed by atoms with Gasteiger partial charge in [-0.2, -0.15) is 0 Å². The van der Waals surface area contributed by atoms with E-state index in [4.69, 9.17) is 11.6 Å². The molecule has 94 valence electrons. The van der Waals surface area contributed by atoms with E-state index in [0.717, 1.165) is 15.4 Å². The van der Waals surface area contributed by atoms with Crippen molar-refractivity contribution in [1.29, 1.82) is 0 Å². The second-order valence-corrected chi connectivity index (χ2v) is 5.70. The summed E-state index contributed by atoms with van der Waals surface area (Å²) in [6, 6.07) is 7.29. The molecule has 0 aliphatic heterocycles. The molecule has 1 heterocycles. The topological polar surface area (TPSA) is 42.0 Å². The van der Waals surface area contributed by atoms with Crippen molar-refractivity contribution in [1.82, 2.24) is 10.3 Å². The zero-order chi connectivity index (χ0) is 13.0. The molecule has 1 aromatic carbocycles. The number of hydrogen-bond donors (Lipinski definition) is 1. The van der Waals surface area contributed by atoms with Crippen LogP contribution >= 0.6 is 22.9 Å². The van der Waals surface area contributed by atoms with Crippen LogP contribution in [-0.2, 0) is 17.8 Å². The van der Waals surface area contributed by atoms with Crippen molar-refractivity contribution in [3.8, 4) is 0 Å². The van der Waals surface area contributed by atoms with Gasteiger partial charge in [0, 0.05) is 16.1 Å². The Morgan fingerprint density at radius 2 is 2.11 bits per heavy atom. The van der Waals surface area contributed by atoms with Crippen LogP contribution in [0.4, 0.5) is 0 Å². The fraction of sp³-hybridized carbons (Fsp3) is 0.231. The first-order valence-corrected chi connectivity index (χ1v) is 6.75. The molecule has 1 amide bonds. The van der Waals surface area contributed by atoms with Crippen molar-refractivity contribution in [3.63, 3.8) is 0 Å². The molecule has 0 spiro atoms. The van der Waals surface area contributed by atoms with Gasteiger partial charge < -0.3 is 5.32 Å². The normalized spacial score (nSPS) is 10.3. The van der Waals surface area contributed by atoms with Crippen LogP contribution in [0.1, 0.15) is 15.4 Å². The van der Waals surface area contributed by atoms with Gasteiger partial charge in [0.05, 0.1) is 13.0 Å². The molecule has 1 N–H and O–H groups in total. The van der Waals surface area contributed by atoms with Crippen molar-refractivity contribution in [2.24, 2.45) is 0 Å². The van der Waals surface area contributed by atoms with Crippen LogP contribution < -0.4 is 5.32 Å². The summed E-state index contributed by atoms with van der Waals surface area (Å²) in [7, 11) is 0. The number of aryl methyl sites for hydroxylation is 1. The van der Waals surface area contributed by atoms with E-state index in [-0.39, 0.29) is 5.91 Å². The van der Waals surface area contributed by atoms with E-state index in [2.05, 4.69) is 10.3 Å². The highest BCUT2D eigenvalue weighted by atomic mass is 35.5. The van der Waals surface area contributed by atoms with E-state index >= 15 is 0 Å². The van der Waals surface area contributed by atoms with Gasteiger partial charge >= 0.3 is 0 Å². The highest BCUT2D eigenvalue weighted by Crippen LogP contribution is 2.11. The van der Waals surface area contributed by atoms with Crippen molar-refractivity contribution in [2.45, 2.75) is 19.9 Å². The fourth-order valence-corrected chi connectivity index (χ4v) is 2.36. The second-order valence-electron chi connectivity index (χ2n) is 3.94. The molecule has 0 saturated heterocycles. The highest BCUT2D eigenvalue weighted by Gasteiger charge is 2.05. The largest absolute Gasteiger partial charge is 0.349 e. The molecule has 0 aliphatic rings. The Hall–Kier alpha value is -1.39. The Kier molecular flexibility index (Phi) is 4.33. The van der Waals surface area contributed by atoms with E-state index in [1.807, 2.05) is 25.3 Å². The Labute approximate surface area is 115 Å². The summed E-state index contributed by atoms with van der Waals surface area (Å²) >= 11 is 7.38. The number of carbonyl (C=O) groups is 1. The van der Waals surface area contributed by atoms with Crippen molar-refractivity contribution < 1.29 is 4.79 Å². The number of rotatable bonds is 4. The third-order valence-corrected chi connectivity index (χ3v) is 3.55. The number of nitrogens with one attached hydrogen (secondary N) is 1. The molecule has 18 heavy (non-hydrogen) atoms. The minimum absolute atomic E-state index is 0.00910. The van der Waals surface area contributed by atoms with Gasteiger partial charge in [0.25, 0.3) is 0 Å². The first-order valence-electron chi connectivity index (χ1n) is 5.56. The van der Waals surface area contributed by atoms with Gasteiger partial charge in [-0.25, -0.2) is 4.98 Å². The molecule has 0 radical (unpaired) electrons. The molecular weight excluding hydrogens is 268 g/mol. The lowest BCUT2D eigenvalue weighted by molar-refractivity contribution is -0.120. The first-order chi connectivity index (χ1) is 8.63. The summed E-state index contributed by atoms with van der Waals surface area (Å²) in [4.78, 5) is 17.1. The van der Waals surface area contributed by atoms with Crippen LogP contribution in [0.2, 0.25) is 5.02 Å². The Bertz CT molecular complexity index is 536. The minimum atomic E-state index is -0.00910. The minimum Gasteiger partial charge on any atom is -0.349 e. The maximum absolute atomic E-state index is 11.7. The zero-order valence-electron chi connectivity index (χ0n) is 9.94. The van der Waals surface area contributed by atoms with E-state index in [1.165, 1.54) is 0 Å². The molecule has 2 rings (SSSR count). The molecule has 0 aliphatic carbocycles. The summed E-state index contributed by atoms with van der Waals surface area (Å²) in [6.45, 7) is 2.49. The lowest BCUT2D eigenvalue weighted by Crippen LogP contribution is -2.24. The summed E-state index contributed by atoms with van der Waals surface area (Å²) < 4.78 is 0. The van der Waals surface area contributed by atoms with E-state index in [0.29, 0.717) is 18.0 Å². The maximum Gasteiger partial charge on any atom is 0.224 e. The first kappa shape index (κ1) is 13.1. The average molecular weight is 281 g/mol. The van der Waals surface area contributed by atoms with Gasteiger partial charge in [0.1, 0.15) is 5.01 Å². The monoisotopic (exact) mass is 280 g/mol. The van der Waals surface area contributed by atoms with Crippen LogP contribution in [0.25, 0.3) is 0 Å². The number of amides is 1. The molecule has 0 fully saturated rings. The highest BCUT2D eigenvalue weighted by molar-refractivity contribution is 7.11. The quantitative estimate of drug-likeness (QED) is 0.935. The second kappa shape index (κ2) is 5.98. The number of benzene rings is 1. The number of thiazole rings is 1. The fourth-order valence-electron chi connectivity index (χ4n) is 1.51. The molecule has 0 atom stereocenters. The zero-order valence-corrected chi connectivity index (χ0v) is 11.5. The lowest BCUT2D eigenvalue weighted by Gasteiger charge is -2.03. The predicted octanol–water partition coefficient (Wildman–Crippen LogP) is 2.96. The van der Waals surface area contributed by atoms with Crippen LogP contribution in [-0.4, -0.2) is 10.9 Å². The van der Waals surface area contributed by atoms with Gasteiger partial charge in [-0.1, -0.05) is 23.7 Å². The van der Waals surface area contributed by atoms with Crippen molar-refractivity contribution >= 4 is 28.8 Å². The Balaban J connectivity index is 1.83. The lowest BCUT2D eigenvalue weighted by atomic mass is 10.1. The molecule has 0 bridgehead atoms. The third-order valence-electron chi connectivity index (χ3n) is 2.38. The van der Waals surface area contributed by atoms with Gasteiger partial charge in [0.15, 0.2) is 0 Å². The Morgan fingerprint density at radius 1 is 1.39 bits per heavy atom. The maximum atomic E-state index is 11.7. The summed E-state index contributed by atoms with van der Waals surface area (Å²) in [6.07, 6.45) is 2.17. The summed E-state index contributed by atoms with van der Waals surface area (Å²) in [5.41, 5.74) is 0.951. The third kappa shape index (κ3) is 3.82. The number of hydrogen-bond acceptors (Lipinski definition) is 3. The predicted molar refractivity (Wildman–Crippen MR) is 73.9 cm³/mol. The molecule has 5 heteroatoms. The Morgan fingerprint density at radius 3 is 2.72 bits per heavy atom. The molecular formula is C13H13ClN2OS. The van der Waals surface area contributed by atoms with Crippen LogP contribution in [0.3, 0.4) is 0 Å². The molecule has 0 unspecified atom stereocenters. The smallest absolute Gasteiger partial charge is 0.224 e. The van der Waals surface area contributed by atoms with Gasteiger partial charge in [-0.05, 0) is 24.6 Å². The molecule has 3 nitrogen and oxygen atoms in total. The van der Waals surface area contributed by atoms with E-state index < -0.39 is 0 Å². The van der Waals surface area contributed by atoms with Gasteiger partial charge in [-0.15, -0.1) is 11.3 Å². The van der Waals surface area contributed by atoms with Crippen LogP contribution in [0.15, 0.2) is 30.5 Å². The summed E-state index contributed by atoms with van der Waals surface area (Å²) in [5, 5.41) is 4.46. The average Bonchev–Trinajstić information content (AvgIpc) is 2.76. The molecule has 2 aromatic rings. The van der Waals surface area contributed by atoms with Crippen LogP contribution in [0.5, 0.6) is 0 Å². The van der Waals surface area contributed by atoms with Crippen molar-refractivity contribution in [2.75, 3.05) is 0 Å². The SMILES string of the molecule is Cc1cnc(CNC(=O)Cc2ccc(Cl)cc2)s1. The standard InChI is InChI=1S/C13H13ClN2OS/c1-9-7-16-13(18-9)8-15-12(17)6-10-2-4-11(14)5-3-10/h2-5,7H,6,8H2,1H3,(H,15,17). The van der Waals surface area contributed by atoms with E-state index in [1.54, 1.807) is 23.5 Å². The van der Waals surface area contributed by atoms with Gasteiger partial charge in [0.2, 0.25) is 5.91 Å². The molecule has 0 saturated carbocycles.